The van der Waals surface area contributed by atoms with Crippen molar-refractivity contribution in [3.05, 3.63) is 35.9 Å². The van der Waals surface area contributed by atoms with Crippen LogP contribution in [-0.4, -0.2) is 29.0 Å². The Labute approximate surface area is 153 Å². The molecule has 1 aliphatic rings. The van der Waals surface area contributed by atoms with Gasteiger partial charge in [0.05, 0.1) is 18.8 Å². The summed E-state index contributed by atoms with van der Waals surface area (Å²) in [6.45, 7) is 5.22. The molecule has 1 aromatic rings. The summed E-state index contributed by atoms with van der Waals surface area (Å²) in [7, 11) is 0. The number of rotatable bonds is 10. The van der Waals surface area contributed by atoms with Gasteiger partial charge in [0.25, 0.3) is 0 Å². The van der Waals surface area contributed by atoms with Gasteiger partial charge in [-0.25, -0.2) is 0 Å². The second-order valence-corrected chi connectivity index (χ2v) is 8.03. The zero-order valence-electron chi connectivity index (χ0n) is 15.9. The van der Waals surface area contributed by atoms with Crippen molar-refractivity contribution in [3.63, 3.8) is 0 Å². The van der Waals surface area contributed by atoms with Gasteiger partial charge in [-0.1, -0.05) is 57.0 Å². The van der Waals surface area contributed by atoms with Crippen molar-refractivity contribution in [2.45, 2.75) is 77.6 Å². The van der Waals surface area contributed by atoms with Gasteiger partial charge in [0.15, 0.2) is 0 Å². The fraction of sp³-hybridized carbons (Fsp3) is 0.727. The zero-order valence-corrected chi connectivity index (χ0v) is 15.9. The molecule has 0 saturated heterocycles. The summed E-state index contributed by atoms with van der Waals surface area (Å²) in [4.78, 5) is 0. The molecule has 3 heteroatoms. The van der Waals surface area contributed by atoms with Gasteiger partial charge in [0.2, 0.25) is 0 Å². The average Bonchev–Trinajstić information content (AvgIpc) is 2.64. The SMILES string of the molecule is C[C@H](CO)CC[C@H](OCc1ccccc1)[C@H](C)C[C@@H]1CCCC[C@H]1O. The number of ether oxygens (including phenoxy) is 1. The van der Waals surface area contributed by atoms with Crippen LogP contribution in [0.3, 0.4) is 0 Å². The van der Waals surface area contributed by atoms with Gasteiger partial charge in [-0.15, -0.1) is 0 Å². The van der Waals surface area contributed by atoms with Crippen LogP contribution in [0.15, 0.2) is 30.3 Å². The molecule has 142 valence electrons. The normalized spacial score (nSPS) is 24.6. The predicted molar refractivity (Wildman–Crippen MR) is 102 cm³/mol. The maximum Gasteiger partial charge on any atom is 0.0720 e. The van der Waals surface area contributed by atoms with Crippen molar-refractivity contribution in [1.82, 2.24) is 0 Å². The number of aliphatic hydroxyl groups excluding tert-OH is 2. The number of hydrogen-bond donors (Lipinski definition) is 2. The van der Waals surface area contributed by atoms with Gasteiger partial charge in [0, 0.05) is 6.61 Å². The lowest BCUT2D eigenvalue weighted by atomic mass is 9.79. The molecule has 0 radical (unpaired) electrons. The van der Waals surface area contributed by atoms with Gasteiger partial charge in [-0.2, -0.15) is 0 Å². The predicted octanol–water partition coefficient (Wildman–Crippen LogP) is 4.56. The molecule has 0 bridgehead atoms. The Morgan fingerprint density at radius 1 is 1.08 bits per heavy atom. The highest BCUT2D eigenvalue weighted by atomic mass is 16.5. The first-order valence-electron chi connectivity index (χ1n) is 10.0. The van der Waals surface area contributed by atoms with E-state index in [-0.39, 0.29) is 18.8 Å². The Hall–Kier alpha value is -0.900. The Bertz CT molecular complexity index is 462. The summed E-state index contributed by atoms with van der Waals surface area (Å²) in [6.07, 6.45) is 7.53. The molecule has 1 aliphatic carbocycles. The lowest BCUT2D eigenvalue weighted by Crippen LogP contribution is -2.31. The van der Waals surface area contributed by atoms with Crippen LogP contribution in [0.4, 0.5) is 0 Å². The highest BCUT2D eigenvalue weighted by Crippen LogP contribution is 2.32. The third-order valence-corrected chi connectivity index (χ3v) is 5.74. The molecular weight excluding hydrogens is 312 g/mol. The molecular formula is C22H36O3. The fourth-order valence-electron chi connectivity index (χ4n) is 3.94. The number of benzene rings is 1. The van der Waals surface area contributed by atoms with Crippen molar-refractivity contribution < 1.29 is 14.9 Å². The third kappa shape index (κ3) is 7.08. The molecule has 5 atom stereocenters. The van der Waals surface area contributed by atoms with E-state index in [0.717, 1.165) is 38.5 Å². The summed E-state index contributed by atoms with van der Waals surface area (Å²) in [5.74, 6) is 1.16. The highest BCUT2D eigenvalue weighted by molar-refractivity contribution is 5.13. The Morgan fingerprint density at radius 3 is 2.48 bits per heavy atom. The van der Waals surface area contributed by atoms with Crippen LogP contribution in [0.5, 0.6) is 0 Å². The maximum absolute atomic E-state index is 10.3. The summed E-state index contributed by atoms with van der Waals surface area (Å²) >= 11 is 0. The average molecular weight is 349 g/mol. The molecule has 0 amide bonds. The van der Waals surface area contributed by atoms with E-state index in [0.29, 0.717) is 24.4 Å². The third-order valence-electron chi connectivity index (χ3n) is 5.74. The molecule has 2 rings (SSSR count). The maximum atomic E-state index is 10.3. The number of hydrogen-bond acceptors (Lipinski definition) is 3. The zero-order chi connectivity index (χ0) is 18.1. The first-order chi connectivity index (χ1) is 12.1. The van der Waals surface area contributed by atoms with Crippen molar-refractivity contribution in [2.24, 2.45) is 17.8 Å². The summed E-state index contributed by atoms with van der Waals surface area (Å²) < 4.78 is 6.30. The highest BCUT2D eigenvalue weighted by Gasteiger charge is 2.28. The van der Waals surface area contributed by atoms with Crippen LogP contribution < -0.4 is 0 Å². The molecule has 25 heavy (non-hydrogen) atoms. The van der Waals surface area contributed by atoms with Crippen LogP contribution in [-0.2, 0) is 11.3 Å². The van der Waals surface area contributed by atoms with Crippen LogP contribution in [0.25, 0.3) is 0 Å². The molecule has 0 unspecified atom stereocenters. The molecule has 0 heterocycles. The monoisotopic (exact) mass is 348 g/mol. The summed E-state index contributed by atoms with van der Waals surface area (Å²) in [5.41, 5.74) is 1.20. The smallest absolute Gasteiger partial charge is 0.0720 e. The molecule has 0 aromatic heterocycles. The van der Waals surface area contributed by atoms with E-state index < -0.39 is 0 Å². The standard InChI is InChI=1S/C22H36O3/c1-17(15-23)12-13-22(25-16-19-8-4-3-5-9-19)18(2)14-20-10-6-7-11-21(20)24/h3-5,8-9,17-18,20-24H,6-7,10-16H2,1-2H3/t17-,18+,20-,21+,22-/m0/s1. The van der Waals surface area contributed by atoms with Gasteiger partial charge >= 0.3 is 0 Å². The molecule has 1 aromatic carbocycles. The topological polar surface area (TPSA) is 49.7 Å². The molecule has 0 aliphatic heterocycles. The van der Waals surface area contributed by atoms with Crippen molar-refractivity contribution in [1.29, 1.82) is 0 Å². The van der Waals surface area contributed by atoms with E-state index >= 15 is 0 Å². The first-order valence-corrected chi connectivity index (χ1v) is 10.0. The second kappa shape index (κ2) is 10.9. The minimum absolute atomic E-state index is 0.137. The van der Waals surface area contributed by atoms with Crippen LogP contribution in [0.2, 0.25) is 0 Å². The van der Waals surface area contributed by atoms with Crippen LogP contribution in [0, 0.1) is 17.8 Å². The lowest BCUT2D eigenvalue weighted by Gasteiger charge is -2.33. The van der Waals surface area contributed by atoms with Gasteiger partial charge in [0.1, 0.15) is 0 Å². The van der Waals surface area contributed by atoms with Crippen LogP contribution in [0.1, 0.15) is 64.4 Å². The molecule has 3 nitrogen and oxygen atoms in total. The molecule has 1 saturated carbocycles. The van der Waals surface area contributed by atoms with Crippen LogP contribution >= 0.6 is 0 Å². The van der Waals surface area contributed by atoms with Crippen molar-refractivity contribution in [3.8, 4) is 0 Å². The Balaban J connectivity index is 1.91. The molecule has 0 spiro atoms. The van der Waals surface area contributed by atoms with Gasteiger partial charge < -0.3 is 14.9 Å². The largest absolute Gasteiger partial charge is 0.396 e. The fourth-order valence-corrected chi connectivity index (χ4v) is 3.94. The van der Waals surface area contributed by atoms with Gasteiger partial charge in [-0.05, 0) is 55.4 Å². The second-order valence-electron chi connectivity index (χ2n) is 8.03. The van der Waals surface area contributed by atoms with Crippen molar-refractivity contribution in [2.75, 3.05) is 6.61 Å². The molecule has 1 fully saturated rings. The summed E-state index contributed by atoms with van der Waals surface area (Å²) in [5, 5.41) is 19.6. The van der Waals surface area contributed by atoms with E-state index in [1.54, 1.807) is 0 Å². The minimum atomic E-state index is -0.137. The van der Waals surface area contributed by atoms with E-state index in [1.165, 1.54) is 12.0 Å². The van der Waals surface area contributed by atoms with E-state index in [9.17, 15) is 10.2 Å². The Kier molecular flexibility index (Phi) is 8.94. The van der Waals surface area contributed by atoms with Crippen molar-refractivity contribution >= 4 is 0 Å². The van der Waals surface area contributed by atoms with E-state index in [4.69, 9.17) is 4.74 Å². The molecule has 2 N–H and O–H groups in total. The van der Waals surface area contributed by atoms with E-state index in [1.807, 2.05) is 18.2 Å². The summed E-state index contributed by atoms with van der Waals surface area (Å²) in [6, 6.07) is 10.3. The minimum Gasteiger partial charge on any atom is -0.396 e. The van der Waals surface area contributed by atoms with Gasteiger partial charge in [-0.3, -0.25) is 0 Å². The quantitative estimate of drug-likeness (QED) is 0.652. The number of aliphatic hydroxyl groups is 2. The van der Waals surface area contributed by atoms with E-state index in [2.05, 4.69) is 26.0 Å². The Morgan fingerprint density at radius 2 is 1.80 bits per heavy atom. The first kappa shape index (κ1) is 20.4. The lowest BCUT2D eigenvalue weighted by molar-refractivity contribution is -0.0233.